The lowest BCUT2D eigenvalue weighted by molar-refractivity contribution is 0.646. The lowest BCUT2D eigenvalue weighted by atomic mass is 9.97. The van der Waals surface area contributed by atoms with Gasteiger partial charge in [0.2, 0.25) is 0 Å². The Bertz CT molecular complexity index is 2700. The van der Waals surface area contributed by atoms with Crippen molar-refractivity contribution in [1.29, 1.82) is 0 Å². The summed E-state index contributed by atoms with van der Waals surface area (Å²) in [6, 6.07) is 47.4. The Morgan fingerprint density at radius 3 is 2.00 bits per heavy atom. The summed E-state index contributed by atoms with van der Waals surface area (Å²) in [4.78, 5) is 5.26. The predicted octanol–water partition coefficient (Wildman–Crippen LogP) is 11.2. The normalized spacial score (nSPS) is 15.4. The third kappa shape index (κ3) is 4.49. The lowest BCUT2D eigenvalue weighted by Gasteiger charge is -2.26. The van der Waals surface area contributed by atoms with Gasteiger partial charge >= 0.3 is 0 Å². The molecule has 2 aromatic heterocycles. The molecule has 9 rings (SSSR count). The van der Waals surface area contributed by atoms with Crippen LogP contribution < -0.4 is 5.32 Å². The number of nitrogens with one attached hydrogen (secondary N) is 1. The largest absolute Gasteiger partial charge is 0.346 e. The van der Waals surface area contributed by atoms with E-state index in [0.717, 1.165) is 44.9 Å². The van der Waals surface area contributed by atoms with Gasteiger partial charge in [0.15, 0.2) is 0 Å². The fraction of sp³-hybridized carbons (Fsp3) is 0.0444. The molecule has 0 amide bonds. The number of allylic oxidation sites excluding steroid dienone is 6. The number of rotatable bonds is 6. The van der Waals surface area contributed by atoms with Crippen molar-refractivity contribution in [3.05, 3.63) is 182 Å². The summed E-state index contributed by atoms with van der Waals surface area (Å²) in [5, 5.41) is 11.2. The highest BCUT2D eigenvalue weighted by molar-refractivity contribution is 6.35. The zero-order valence-electron chi connectivity index (χ0n) is 27.2. The van der Waals surface area contributed by atoms with E-state index in [1.165, 1.54) is 37.8 Å². The standard InChI is InChI=1S/C45H34N4/c1-3-17-32(18-4-2)48-42-36-26-14-12-24-34(36)33-23-11-13-25-35(33)41(42)44-43(48)37-27-15-16-28-39(37)49(44)40-29-38(30-19-7-5-8-20-30)46-45(47-40)31-21-9-6-10-22-31/h3-29,45,47H,1H2,2H3/b18-4-,32-17+. The third-order valence-electron chi connectivity index (χ3n) is 9.57. The van der Waals surface area contributed by atoms with E-state index in [-0.39, 0.29) is 6.17 Å². The van der Waals surface area contributed by atoms with Crippen LogP contribution in [0.5, 0.6) is 0 Å². The highest BCUT2D eigenvalue weighted by Gasteiger charge is 2.28. The van der Waals surface area contributed by atoms with Crippen LogP contribution in [-0.2, 0) is 0 Å². The van der Waals surface area contributed by atoms with Crippen molar-refractivity contribution in [2.75, 3.05) is 0 Å². The molecular weight excluding hydrogens is 597 g/mol. The highest BCUT2D eigenvalue weighted by atomic mass is 15.2. The molecule has 6 aromatic carbocycles. The minimum atomic E-state index is -0.266. The number of aliphatic imine (C=N–C) groups is 1. The van der Waals surface area contributed by atoms with E-state index in [2.05, 4.69) is 186 Å². The molecule has 1 unspecified atom stereocenters. The van der Waals surface area contributed by atoms with Crippen LogP contribution in [0.4, 0.5) is 0 Å². The van der Waals surface area contributed by atoms with E-state index in [1.807, 2.05) is 6.08 Å². The second-order valence-electron chi connectivity index (χ2n) is 12.4. The maximum absolute atomic E-state index is 5.26. The summed E-state index contributed by atoms with van der Waals surface area (Å²) >= 11 is 0. The molecule has 234 valence electrons. The molecule has 0 saturated carbocycles. The van der Waals surface area contributed by atoms with Gasteiger partial charge in [0.1, 0.15) is 12.0 Å². The SMILES string of the molecule is C=C/C=C(\C=C/C)n1c2c3ccccc3c3ccccc3c2c2c1c1ccccc1n2C1=CC(c2ccccc2)=NC(c2ccccc2)N1. The summed E-state index contributed by atoms with van der Waals surface area (Å²) in [7, 11) is 0. The number of nitrogens with zero attached hydrogens (tertiary/aromatic N) is 3. The molecule has 0 saturated heterocycles. The molecule has 49 heavy (non-hydrogen) atoms. The number of hydrogen-bond donors (Lipinski definition) is 1. The Morgan fingerprint density at radius 1 is 0.673 bits per heavy atom. The van der Waals surface area contributed by atoms with Crippen LogP contribution in [-0.4, -0.2) is 14.8 Å². The molecule has 1 atom stereocenters. The van der Waals surface area contributed by atoms with Crippen LogP contribution in [0, 0.1) is 0 Å². The van der Waals surface area contributed by atoms with Crippen LogP contribution in [0.25, 0.3) is 65.9 Å². The van der Waals surface area contributed by atoms with Gasteiger partial charge in [-0.1, -0.05) is 146 Å². The number of fused-ring (bicyclic) bond motifs is 10. The van der Waals surface area contributed by atoms with Gasteiger partial charge in [-0.3, -0.25) is 9.56 Å². The van der Waals surface area contributed by atoms with Crippen molar-refractivity contribution < 1.29 is 0 Å². The smallest absolute Gasteiger partial charge is 0.146 e. The highest BCUT2D eigenvalue weighted by Crippen LogP contribution is 2.46. The summed E-state index contributed by atoms with van der Waals surface area (Å²) in [6.45, 7) is 6.19. The third-order valence-corrected chi connectivity index (χ3v) is 9.57. The average Bonchev–Trinajstić information content (AvgIpc) is 3.69. The zero-order chi connectivity index (χ0) is 32.9. The molecule has 0 spiro atoms. The Morgan fingerprint density at radius 2 is 1.29 bits per heavy atom. The first-order chi connectivity index (χ1) is 24.3. The van der Waals surface area contributed by atoms with Gasteiger partial charge in [-0.05, 0) is 52.4 Å². The Kier molecular flexibility index (Phi) is 6.87. The van der Waals surface area contributed by atoms with Crippen molar-refractivity contribution in [2.45, 2.75) is 13.1 Å². The number of para-hydroxylation sites is 1. The average molecular weight is 631 g/mol. The van der Waals surface area contributed by atoms with Gasteiger partial charge in [-0.2, -0.15) is 0 Å². The first-order valence-corrected chi connectivity index (χ1v) is 16.8. The van der Waals surface area contributed by atoms with Crippen molar-refractivity contribution in [3.63, 3.8) is 0 Å². The predicted molar refractivity (Wildman–Crippen MR) is 209 cm³/mol. The second-order valence-corrected chi connectivity index (χ2v) is 12.4. The maximum Gasteiger partial charge on any atom is 0.146 e. The molecule has 1 aliphatic rings. The molecule has 1 aliphatic heterocycles. The van der Waals surface area contributed by atoms with Crippen molar-refractivity contribution in [2.24, 2.45) is 4.99 Å². The summed E-state index contributed by atoms with van der Waals surface area (Å²) in [5.74, 6) is 0.977. The van der Waals surface area contributed by atoms with Gasteiger partial charge in [0.05, 0.1) is 27.8 Å². The van der Waals surface area contributed by atoms with Crippen LogP contribution in [0.1, 0.15) is 24.2 Å². The molecule has 4 nitrogen and oxygen atoms in total. The maximum atomic E-state index is 5.26. The summed E-state index contributed by atoms with van der Waals surface area (Å²) < 4.78 is 4.88. The van der Waals surface area contributed by atoms with Gasteiger partial charge in [-0.25, -0.2) is 0 Å². The first kappa shape index (κ1) is 28.8. The lowest BCUT2D eigenvalue weighted by Crippen LogP contribution is -2.27. The van der Waals surface area contributed by atoms with Crippen LogP contribution in [0.2, 0.25) is 0 Å². The fourth-order valence-electron chi connectivity index (χ4n) is 7.60. The molecule has 4 heteroatoms. The van der Waals surface area contributed by atoms with E-state index < -0.39 is 0 Å². The van der Waals surface area contributed by atoms with E-state index in [0.29, 0.717) is 0 Å². The Balaban J connectivity index is 1.49. The monoisotopic (exact) mass is 630 g/mol. The summed E-state index contributed by atoms with van der Waals surface area (Å²) in [5.41, 5.74) is 8.79. The van der Waals surface area contributed by atoms with Crippen molar-refractivity contribution >= 4 is 71.6 Å². The van der Waals surface area contributed by atoms with Gasteiger partial charge in [-0.15, -0.1) is 0 Å². The minimum absolute atomic E-state index is 0.266. The van der Waals surface area contributed by atoms with Crippen molar-refractivity contribution in [1.82, 2.24) is 14.5 Å². The van der Waals surface area contributed by atoms with Crippen LogP contribution in [0.15, 0.2) is 175 Å². The molecule has 0 bridgehead atoms. The molecule has 0 radical (unpaired) electrons. The Hall–Kier alpha value is -6.39. The van der Waals surface area contributed by atoms with Gasteiger partial charge in [0, 0.05) is 27.9 Å². The molecule has 0 aliphatic carbocycles. The topological polar surface area (TPSA) is 34.2 Å². The van der Waals surface area contributed by atoms with E-state index in [1.54, 1.807) is 0 Å². The molecule has 1 N–H and O–H groups in total. The van der Waals surface area contributed by atoms with Crippen molar-refractivity contribution in [3.8, 4) is 0 Å². The van der Waals surface area contributed by atoms with Crippen LogP contribution in [0.3, 0.4) is 0 Å². The molecular formula is C45H34N4. The zero-order valence-corrected chi connectivity index (χ0v) is 27.2. The quantitative estimate of drug-likeness (QED) is 0.144. The van der Waals surface area contributed by atoms with E-state index in [9.17, 15) is 0 Å². The van der Waals surface area contributed by atoms with E-state index >= 15 is 0 Å². The van der Waals surface area contributed by atoms with Crippen LogP contribution >= 0.6 is 0 Å². The van der Waals surface area contributed by atoms with Gasteiger partial charge in [0.25, 0.3) is 0 Å². The van der Waals surface area contributed by atoms with Gasteiger partial charge < -0.3 is 9.88 Å². The number of hydrogen-bond acceptors (Lipinski definition) is 2. The molecule has 8 aromatic rings. The first-order valence-electron chi connectivity index (χ1n) is 16.8. The minimum Gasteiger partial charge on any atom is -0.346 e. The fourth-order valence-corrected chi connectivity index (χ4v) is 7.60. The molecule has 0 fully saturated rings. The summed E-state index contributed by atoms with van der Waals surface area (Å²) in [6.07, 6.45) is 10.2. The number of benzene rings is 6. The Labute approximate surface area is 284 Å². The molecule has 3 heterocycles. The number of aromatic nitrogens is 2. The van der Waals surface area contributed by atoms with E-state index in [4.69, 9.17) is 4.99 Å². The second kappa shape index (κ2) is 11.7.